The fourth-order valence-corrected chi connectivity index (χ4v) is 1.47. The third-order valence-corrected chi connectivity index (χ3v) is 2.26. The molecule has 14 heavy (non-hydrogen) atoms. The lowest BCUT2D eigenvalue weighted by molar-refractivity contribution is 0.299. The molecule has 0 aliphatic rings. The van der Waals surface area contributed by atoms with Gasteiger partial charge in [-0.1, -0.05) is 6.92 Å². The Hall–Kier alpha value is -1.42. The van der Waals surface area contributed by atoms with Crippen LogP contribution in [0, 0.1) is 0 Å². The molecule has 0 radical (unpaired) electrons. The monoisotopic (exact) mass is 191 g/mol. The highest BCUT2D eigenvalue weighted by molar-refractivity contribution is 5.46. The Kier molecular flexibility index (Phi) is 2.45. The largest absolute Gasteiger partial charge is 0.396 e. The Morgan fingerprint density at radius 1 is 1.43 bits per heavy atom. The van der Waals surface area contributed by atoms with Crippen LogP contribution < -0.4 is 0 Å². The molecule has 0 bridgehead atoms. The van der Waals surface area contributed by atoms with Crippen molar-refractivity contribution in [1.82, 2.24) is 14.6 Å². The van der Waals surface area contributed by atoms with Gasteiger partial charge in [-0.2, -0.15) is 5.10 Å². The zero-order valence-corrected chi connectivity index (χ0v) is 8.14. The van der Waals surface area contributed by atoms with Gasteiger partial charge < -0.3 is 5.11 Å². The summed E-state index contributed by atoms with van der Waals surface area (Å²) in [5.74, 6) is 0. The molecule has 2 aromatic heterocycles. The van der Waals surface area contributed by atoms with E-state index in [1.807, 2.05) is 12.4 Å². The second-order valence-corrected chi connectivity index (χ2v) is 3.23. The van der Waals surface area contributed by atoms with Crippen LogP contribution in [0.5, 0.6) is 0 Å². The molecule has 0 atom stereocenters. The van der Waals surface area contributed by atoms with Crippen LogP contribution >= 0.6 is 0 Å². The number of hydrogen-bond acceptors (Lipinski definition) is 3. The van der Waals surface area contributed by atoms with E-state index in [0.717, 1.165) is 23.2 Å². The summed E-state index contributed by atoms with van der Waals surface area (Å²) in [5, 5.41) is 13.0. The van der Waals surface area contributed by atoms with Crippen LogP contribution in [0.25, 0.3) is 5.65 Å². The van der Waals surface area contributed by atoms with E-state index in [-0.39, 0.29) is 6.61 Å². The summed E-state index contributed by atoms with van der Waals surface area (Å²) in [4.78, 5) is 4.32. The van der Waals surface area contributed by atoms with E-state index >= 15 is 0 Å². The lowest BCUT2D eigenvalue weighted by atomic mass is 10.2. The summed E-state index contributed by atoms with van der Waals surface area (Å²) in [5.41, 5.74) is 3.07. The molecular formula is C10H13N3O. The SMILES string of the molecule is CCc1cnn2cc(CCO)cnc12. The van der Waals surface area contributed by atoms with Gasteiger partial charge in [-0.25, -0.2) is 9.50 Å². The minimum absolute atomic E-state index is 0.148. The van der Waals surface area contributed by atoms with E-state index in [9.17, 15) is 0 Å². The van der Waals surface area contributed by atoms with E-state index in [1.54, 1.807) is 10.7 Å². The van der Waals surface area contributed by atoms with Crippen molar-refractivity contribution in [3.8, 4) is 0 Å². The second-order valence-electron chi connectivity index (χ2n) is 3.23. The molecule has 2 aromatic rings. The lowest BCUT2D eigenvalue weighted by Crippen LogP contribution is -1.97. The van der Waals surface area contributed by atoms with Gasteiger partial charge in [0.1, 0.15) is 0 Å². The van der Waals surface area contributed by atoms with Gasteiger partial charge in [0.2, 0.25) is 0 Å². The molecule has 0 fully saturated rings. The average molecular weight is 191 g/mol. The molecule has 0 saturated carbocycles. The van der Waals surface area contributed by atoms with E-state index < -0.39 is 0 Å². The van der Waals surface area contributed by atoms with Gasteiger partial charge in [-0.05, 0) is 18.4 Å². The predicted molar refractivity (Wildman–Crippen MR) is 53.2 cm³/mol. The fourth-order valence-electron chi connectivity index (χ4n) is 1.47. The number of aryl methyl sites for hydroxylation is 1. The Balaban J connectivity index is 2.46. The van der Waals surface area contributed by atoms with E-state index in [0.29, 0.717) is 6.42 Å². The number of aromatic nitrogens is 3. The van der Waals surface area contributed by atoms with Crippen molar-refractivity contribution in [2.75, 3.05) is 6.61 Å². The van der Waals surface area contributed by atoms with Crippen molar-refractivity contribution in [3.05, 3.63) is 29.7 Å². The first-order valence-electron chi connectivity index (χ1n) is 4.77. The molecule has 1 N–H and O–H groups in total. The van der Waals surface area contributed by atoms with Crippen molar-refractivity contribution < 1.29 is 5.11 Å². The fraction of sp³-hybridized carbons (Fsp3) is 0.400. The lowest BCUT2D eigenvalue weighted by Gasteiger charge is -1.99. The molecule has 0 spiro atoms. The van der Waals surface area contributed by atoms with Gasteiger partial charge in [0, 0.05) is 24.6 Å². The van der Waals surface area contributed by atoms with Gasteiger partial charge in [0.05, 0.1) is 6.20 Å². The van der Waals surface area contributed by atoms with Gasteiger partial charge in [0.15, 0.2) is 5.65 Å². The summed E-state index contributed by atoms with van der Waals surface area (Å²) in [6, 6.07) is 0. The maximum atomic E-state index is 8.79. The molecule has 0 aromatic carbocycles. The molecule has 0 aliphatic carbocycles. The van der Waals surface area contributed by atoms with E-state index in [1.165, 1.54) is 0 Å². The first kappa shape index (κ1) is 9.15. The van der Waals surface area contributed by atoms with Gasteiger partial charge in [-0.3, -0.25) is 0 Å². The van der Waals surface area contributed by atoms with Gasteiger partial charge in [-0.15, -0.1) is 0 Å². The van der Waals surface area contributed by atoms with Crippen molar-refractivity contribution >= 4 is 5.65 Å². The van der Waals surface area contributed by atoms with Crippen LogP contribution in [-0.2, 0) is 12.8 Å². The Labute approximate surface area is 82.2 Å². The highest BCUT2D eigenvalue weighted by atomic mass is 16.2. The minimum Gasteiger partial charge on any atom is -0.396 e. The Morgan fingerprint density at radius 3 is 3.00 bits per heavy atom. The van der Waals surface area contributed by atoms with Crippen LogP contribution in [0.1, 0.15) is 18.1 Å². The standard InChI is InChI=1S/C10H13N3O/c1-2-9-6-12-13-7-8(3-4-14)5-11-10(9)13/h5-7,14H,2-4H2,1H3. The Bertz CT molecular complexity index is 436. The van der Waals surface area contributed by atoms with Crippen LogP contribution in [0.3, 0.4) is 0 Å². The number of aliphatic hydroxyl groups is 1. The van der Waals surface area contributed by atoms with E-state index in [4.69, 9.17) is 5.11 Å². The molecule has 0 unspecified atom stereocenters. The third kappa shape index (κ3) is 1.48. The zero-order valence-electron chi connectivity index (χ0n) is 8.14. The molecule has 0 saturated heterocycles. The number of fused-ring (bicyclic) bond motifs is 1. The second kappa shape index (κ2) is 3.75. The first-order chi connectivity index (χ1) is 6.85. The maximum Gasteiger partial charge on any atom is 0.158 e. The van der Waals surface area contributed by atoms with E-state index in [2.05, 4.69) is 17.0 Å². The van der Waals surface area contributed by atoms with Crippen LogP contribution in [-0.4, -0.2) is 26.3 Å². The van der Waals surface area contributed by atoms with Gasteiger partial charge in [0.25, 0.3) is 0 Å². The van der Waals surface area contributed by atoms with Crippen molar-refractivity contribution in [2.24, 2.45) is 0 Å². The number of aliphatic hydroxyl groups excluding tert-OH is 1. The number of rotatable bonds is 3. The maximum absolute atomic E-state index is 8.79. The number of nitrogens with zero attached hydrogens (tertiary/aromatic N) is 3. The first-order valence-corrected chi connectivity index (χ1v) is 4.77. The van der Waals surface area contributed by atoms with Crippen molar-refractivity contribution in [2.45, 2.75) is 19.8 Å². The quantitative estimate of drug-likeness (QED) is 0.781. The molecule has 4 heteroatoms. The number of hydrogen-bond donors (Lipinski definition) is 1. The topological polar surface area (TPSA) is 50.4 Å². The summed E-state index contributed by atoms with van der Waals surface area (Å²) in [6.45, 7) is 2.23. The molecule has 0 amide bonds. The summed E-state index contributed by atoms with van der Waals surface area (Å²) in [6.07, 6.45) is 7.12. The average Bonchev–Trinajstić information content (AvgIpc) is 2.60. The summed E-state index contributed by atoms with van der Waals surface area (Å²) < 4.78 is 1.77. The zero-order chi connectivity index (χ0) is 9.97. The molecule has 0 aliphatic heterocycles. The summed E-state index contributed by atoms with van der Waals surface area (Å²) >= 11 is 0. The highest BCUT2D eigenvalue weighted by Gasteiger charge is 2.03. The van der Waals surface area contributed by atoms with Crippen molar-refractivity contribution in [1.29, 1.82) is 0 Å². The summed E-state index contributed by atoms with van der Waals surface area (Å²) in [7, 11) is 0. The molecule has 2 rings (SSSR count). The smallest absolute Gasteiger partial charge is 0.158 e. The molecular weight excluding hydrogens is 178 g/mol. The third-order valence-electron chi connectivity index (χ3n) is 2.26. The van der Waals surface area contributed by atoms with Crippen LogP contribution in [0.4, 0.5) is 0 Å². The van der Waals surface area contributed by atoms with Gasteiger partial charge >= 0.3 is 0 Å². The molecule has 74 valence electrons. The predicted octanol–water partition coefficient (Wildman–Crippen LogP) is 0.827. The minimum atomic E-state index is 0.148. The Morgan fingerprint density at radius 2 is 2.29 bits per heavy atom. The molecule has 4 nitrogen and oxygen atoms in total. The molecule has 2 heterocycles. The van der Waals surface area contributed by atoms with Crippen LogP contribution in [0.2, 0.25) is 0 Å². The normalized spacial score (nSPS) is 11.0. The highest BCUT2D eigenvalue weighted by Crippen LogP contribution is 2.09. The van der Waals surface area contributed by atoms with Crippen molar-refractivity contribution in [3.63, 3.8) is 0 Å². The van der Waals surface area contributed by atoms with Crippen LogP contribution in [0.15, 0.2) is 18.6 Å².